The van der Waals surface area contributed by atoms with Crippen LogP contribution in [0.4, 0.5) is 19.3 Å². The van der Waals surface area contributed by atoms with Crippen LogP contribution >= 0.6 is 11.6 Å². The number of fused-ring (bicyclic) bond motifs is 1. The van der Waals surface area contributed by atoms with Crippen LogP contribution in [0, 0.1) is 11.6 Å². The molecule has 2 aromatic rings. The molecule has 0 aromatic heterocycles. The molecule has 27 heavy (non-hydrogen) atoms. The number of ether oxygens (including phenoxy) is 1. The summed E-state index contributed by atoms with van der Waals surface area (Å²) in [6.07, 6.45) is 0.520. The summed E-state index contributed by atoms with van der Waals surface area (Å²) in [5.74, 6) is -2.49. The third-order valence-electron chi connectivity index (χ3n) is 4.10. The molecule has 9 heteroatoms. The maximum Gasteiger partial charge on any atom is 0.315 e. The Morgan fingerprint density at radius 1 is 1.19 bits per heavy atom. The second-order valence-corrected chi connectivity index (χ2v) is 6.24. The molecule has 2 aromatic carbocycles. The van der Waals surface area contributed by atoms with Crippen molar-refractivity contribution in [3.05, 3.63) is 58.1 Å². The first-order valence-corrected chi connectivity index (χ1v) is 8.48. The molecule has 1 atom stereocenters. The standard InChI is InChI=1S/C18H16ClF2N3O3/c1-22-18(26)24-14-6-7-27-16-10(14)3-4-11(19)15(16)17(25)23-9-2-5-12(20)13(21)8-9/h2-5,8,14H,6-7H2,1H3,(H,23,25)(H2,22,24,26). The Morgan fingerprint density at radius 2 is 1.96 bits per heavy atom. The summed E-state index contributed by atoms with van der Waals surface area (Å²) in [7, 11) is 1.50. The maximum atomic E-state index is 13.4. The average molecular weight is 396 g/mol. The number of benzene rings is 2. The topological polar surface area (TPSA) is 79.5 Å². The molecule has 0 bridgehead atoms. The van der Waals surface area contributed by atoms with Gasteiger partial charge in [-0.2, -0.15) is 0 Å². The van der Waals surface area contributed by atoms with Crippen LogP contribution in [0.25, 0.3) is 0 Å². The predicted octanol–water partition coefficient (Wildman–Crippen LogP) is 3.62. The first-order valence-electron chi connectivity index (χ1n) is 8.10. The van der Waals surface area contributed by atoms with E-state index >= 15 is 0 Å². The van der Waals surface area contributed by atoms with Crippen LogP contribution < -0.4 is 20.7 Å². The molecule has 3 amide bonds. The van der Waals surface area contributed by atoms with Crippen molar-refractivity contribution in [2.24, 2.45) is 0 Å². The van der Waals surface area contributed by atoms with Gasteiger partial charge in [0, 0.05) is 30.8 Å². The zero-order valence-corrected chi connectivity index (χ0v) is 15.0. The number of amides is 3. The monoisotopic (exact) mass is 395 g/mol. The highest BCUT2D eigenvalue weighted by Gasteiger charge is 2.29. The lowest BCUT2D eigenvalue weighted by Crippen LogP contribution is -2.38. The van der Waals surface area contributed by atoms with Crippen molar-refractivity contribution in [1.29, 1.82) is 0 Å². The number of halogens is 3. The van der Waals surface area contributed by atoms with E-state index in [2.05, 4.69) is 16.0 Å². The summed E-state index contributed by atoms with van der Waals surface area (Å²) in [5.41, 5.74) is 0.732. The fraction of sp³-hybridized carbons (Fsp3) is 0.222. The van der Waals surface area contributed by atoms with Crippen molar-refractivity contribution in [3.63, 3.8) is 0 Å². The Hall–Kier alpha value is -2.87. The molecule has 0 spiro atoms. The number of nitrogens with one attached hydrogen (secondary N) is 3. The average Bonchev–Trinajstić information content (AvgIpc) is 2.64. The first-order chi connectivity index (χ1) is 12.9. The van der Waals surface area contributed by atoms with Crippen LogP contribution in [-0.2, 0) is 0 Å². The number of rotatable bonds is 3. The van der Waals surface area contributed by atoms with Gasteiger partial charge in [-0.05, 0) is 18.2 Å². The van der Waals surface area contributed by atoms with E-state index in [0.29, 0.717) is 12.0 Å². The third kappa shape index (κ3) is 3.95. The minimum atomic E-state index is -1.08. The molecule has 0 fully saturated rings. The van der Waals surface area contributed by atoms with Gasteiger partial charge < -0.3 is 20.7 Å². The maximum absolute atomic E-state index is 13.4. The molecule has 3 N–H and O–H groups in total. The normalized spacial score (nSPS) is 15.3. The molecule has 0 saturated carbocycles. The highest BCUT2D eigenvalue weighted by Crippen LogP contribution is 2.38. The van der Waals surface area contributed by atoms with E-state index < -0.39 is 17.5 Å². The van der Waals surface area contributed by atoms with Gasteiger partial charge in [-0.1, -0.05) is 17.7 Å². The molecule has 0 saturated heterocycles. The lowest BCUT2D eigenvalue weighted by molar-refractivity contribution is 0.102. The van der Waals surface area contributed by atoms with E-state index in [9.17, 15) is 18.4 Å². The summed E-state index contributed by atoms with van der Waals surface area (Å²) in [5, 5.41) is 7.86. The van der Waals surface area contributed by atoms with Crippen molar-refractivity contribution < 1.29 is 23.1 Å². The molecule has 0 radical (unpaired) electrons. The smallest absolute Gasteiger partial charge is 0.315 e. The second kappa shape index (κ2) is 7.79. The number of anilines is 1. The van der Waals surface area contributed by atoms with Crippen molar-refractivity contribution in [3.8, 4) is 5.75 Å². The lowest BCUT2D eigenvalue weighted by Gasteiger charge is -2.28. The van der Waals surface area contributed by atoms with Crippen LogP contribution in [-0.4, -0.2) is 25.6 Å². The van der Waals surface area contributed by atoms with Gasteiger partial charge in [0.1, 0.15) is 11.3 Å². The number of carbonyl (C=O) groups is 2. The quantitative estimate of drug-likeness (QED) is 0.742. The van der Waals surface area contributed by atoms with Crippen LogP contribution in [0.1, 0.15) is 28.4 Å². The summed E-state index contributed by atoms with van der Waals surface area (Å²) >= 11 is 6.18. The number of urea groups is 1. The van der Waals surface area contributed by atoms with E-state index in [1.165, 1.54) is 19.2 Å². The van der Waals surface area contributed by atoms with Crippen LogP contribution in [0.3, 0.4) is 0 Å². The van der Waals surface area contributed by atoms with E-state index in [0.717, 1.165) is 12.1 Å². The highest BCUT2D eigenvalue weighted by molar-refractivity contribution is 6.35. The van der Waals surface area contributed by atoms with Crippen molar-refractivity contribution >= 4 is 29.2 Å². The number of hydrogen-bond acceptors (Lipinski definition) is 3. The number of carbonyl (C=O) groups excluding carboxylic acids is 2. The van der Waals surface area contributed by atoms with Gasteiger partial charge in [0.2, 0.25) is 0 Å². The summed E-state index contributed by atoms with van der Waals surface area (Å²) in [4.78, 5) is 24.3. The van der Waals surface area contributed by atoms with Crippen LogP contribution in [0.5, 0.6) is 5.75 Å². The molecule has 1 heterocycles. The number of hydrogen-bond donors (Lipinski definition) is 3. The van der Waals surface area contributed by atoms with Gasteiger partial charge >= 0.3 is 6.03 Å². The molecular weight excluding hydrogens is 380 g/mol. The van der Waals surface area contributed by atoms with Gasteiger partial charge in [-0.3, -0.25) is 4.79 Å². The molecule has 1 unspecified atom stereocenters. The highest BCUT2D eigenvalue weighted by atomic mass is 35.5. The first kappa shape index (κ1) is 18.9. The third-order valence-corrected chi connectivity index (χ3v) is 4.42. The van der Waals surface area contributed by atoms with E-state index in [-0.39, 0.29) is 40.7 Å². The molecule has 142 valence electrons. The lowest BCUT2D eigenvalue weighted by atomic mass is 9.97. The van der Waals surface area contributed by atoms with Gasteiger partial charge in [0.05, 0.1) is 17.7 Å². The summed E-state index contributed by atoms with van der Waals surface area (Å²) < 4.78 is 32.1. The van der Waals surface area contributed by atoms with Crippen LogP contribution in [0.15, 0.2) is 30.3 Å². The Labute approximate surface area is 158 Å². The molecule has 6 nitrogen and oxygen atoms in total. The minimum absolute atomic E-state index is 0.0577. The molecular formula is C18H16ClF2N3O3. The fourth-order valence-electron chi connectivity index (χ4n) is 2.80. The Balaban J connectivity index is 1.93. The molecule has 0 aliphatic carbocycles. The van der Waals surface area contributed by atoms with Gasteiger partial charge in [0.15, 0.2) is 11.6 Å². The zero-order valence-electron chi connectivity index (χ0n) is 14.2. The van der Waals surface area contributed by atoms with Crippen molar-refractivity contribution in [2.45, 2.75) is 12.5 Å². The SMILES string of the molecule is CNC(=O)NC1CCOc2c1ccc(Cl)c2C(=O)Nc1ccc(F)c(F)c1. The van der Waals surface area contributed by atoms with Crippen molar-refractivity contribution in [2.75, 3.05) is 19.0 Å². The van der Waals surface area contributed by atoms with Gasteiger partial charge in [0.25, 0.3) is 5.91 Å². The predicted molar refractivity (Wildman–Crippen MR) is 96.2 cm³/mol. The van der Waals surface area contributed by atoms with Gasteiger partial charge in [-0.25, -0.2) is 13.6 Å². The Bertz CT molecular complexity index is 908. The summed E-state index contributed by atoms with van der Waals surface area (Å²) in [6.45, 7) is 0.271. The Kier molecular flexibility index (Phi) is 5.46. The molecule has 1 aliphatic heterocycles. The summed E-state index contributed by atoms with van der Waals surface area (Å²) in [6, 6.07) is 5.48. The van der Waals surface area contributed by atoms with Gasteiger partial charge in [-0.15, -0.1) is 0 Å². The molecule has 1 aliphatic rings. The minimum Gasteiger partial charge on any atom is -0.492 e. The largest absolute Gasteiger partial charge is 0.492 e. The Morgan fingerprint density at radius 3 is 2.67 bits per heavy atom. The fourth-order valence-corrected chi connectivity index (χ4v) is 3.03. The second-order valence-electron chi connectivity index (χ2n) is 5.84. The van der Waals surface area contributed by atoms with E-state index in [1.807, 2.05) is 0 Å². The zero-order chi connectivity index (χ0) is 19.6. The molecule has 3 rings (SSSR count). The van der Waals surface area contributed by atoms with E-state index in [4.69, 9.17) is 16.3 Å². The van der Waals surface area contributed by atoms with Crippen LogP contribution in [0.2, 0.25) is 5.02 Å². The van der Waals surface area contributed by atoms with E-state index in [1.54, 1.807) is 6.07 Å². The van der Waals surface area contributed by atoms with Crippen molar-refractivity contribution in [1.82, 2.24) is 10.6 Å².